The Morgan fingerprint density at radius 1 is 1.50 bits per heavy atom. The predicted molar refractivity (Wildman–Crippen MR) is 53.7 cm³/mol. The van der Waals surface area contributed by atoms with Crippen LogP contribution in [0.5, 0.6) is 0 Å². The van der Waals surface area contributed by atoms with Crippen LogP contribution in [0.25, 0.3) is 0 Å². The quantitative estimate of drug-likeness (QED) is 0.714. The van der Waals surface area contributed by atoms with Gasteiger partial charge in [-0.15, -0.1) is 0 Å². The molecule has 2 nitrogen and oxygen atoms in total. The second-order valence-electron chi connectivity index (χ2n) is 2.91. The van der Waals surface area contributed by atoms with Crippen LogP contribution in [-0.2, 0) is 4.79 Å². The van der Waals surface area contributed by atoms with Crippen LogP contribution in [0.2, 0.25) is 0 Å². The molecule has 0 radical (unpaired) electrons. The van der Waals surface area contributed by atoms with E-state index in [2.05, 4.69) is 0 Å². The first-order chi connectivity index (χ1) is 5.43. The van der Waals surface area contributed by atoms with Crippen LogP contribution >= 0.6 is 30.0 Å². The van der Waals surface area contributed by atoms with Gasteiger partial charge in [-0.3, -0.25) is 0 Å². The van der Waals surface area contributed by atoms with Crippen molar-refractivity contribution in [1.82, 2.24) is 4.90 Å². The van der Waals surface area contributed by atoms with Gasteiger partial charge < -0.3 is 0 Å². The summed E-state index contributed by atoms with van der Waals surface area (Å²) in [5.41, 5.74) is 0. The molecule has 0 aromatic rings. The van der Waals surface area contributed by atoms with Gasteiger partial charge in [-0.05, 0) is 0 Å². The third-order valence-corrected chi connectivity index (χ3v) is 9.62. The molecule has 0 saturated carbocycles. The van der Waals surface area contributed by atoms with E-state index in [1.54, 1.807) is 4.90 Å². The maximum atomic E-state index is 11.2. The summed E-state index contributed by atoms with van der Waals surface area (Å²) in [5.74, 6) is 0.124. The molecular formula is C6H10Cl3GeNO. The Morgan fingerprint density at radius 3 is 2.42 bits per heavy atom. The number of hydrogen-bond donors (Lipinski definition) is 0. The second kappa shape index (κ2) is 3.95. The van der Waals surface area contributed by atoms with Crippen LogP contribution in [0, 0.1) is 0 Å². The molecule has 1 heterocycles. The minimum absolute atomic E-state index is 0.124. The molecule has 70 valence electrons. The number of amides is 1. The van der Waals surface area contributed by atoms with E-state index in [9.17, 15) is 4.79 Å². The van der Waals surface area contributed by atoms with Crippen LogP contribution in [0.15, 0.2) is 0 Å². The maximum absolute atomic E-state index is 11.2. The van der Waals surface area contributed by atoms with Crippen molar-refractivity contribution in [2.75, 3.05) is 6.54 Å². The summed E-state index contributed by atoms with van der Waals surface area (Å²) in [6.45, 7) is 2.58. The Bertz CT molecular complexity index is 194. The summed E-state index contributed by atoms with van der Waals surface area (Å²) in [7, 11) is 14.3. The normalized spacial score (nSPS) is 21.7. The summed E-state index contributed by atoms with van der Waals surface area (Å²) < 4.78 is 0. The molecule has 1 rings (SSSR count). The number of carbonyl (C=O) groups is 1. The van der Waals surface area contributed by atoms with Crippen molar-refractivity contribution in [3.8, 4) is 0 Å². The van der Waals surface area contributed by atoms with Gasteiger partial charge in [0.2, 0.25) is 0 Å². The Morgan fingerprint density at radius 2 is 2.08 bits per heavy atom. The molecule has 12 heavy (non-hydrogen) atoms. The van der Waals surface area contributed by atoms with E-state index in [0.717, 1.165) is 13.0 Å². The van der Waals surface area contributed by atoms with Crippen molar-refractivity contribution >= 4 is 46.4 Å². The molecular weight excluding hydrogens is 281 g/mol. The Labute approximate surface area is 87.1 Å². The zero-order valence-corrected chi connectivity index (χ0v) is 11.1. The summed E-state index contributed by atoms with van der Waals surface area (Å²) in [6.07, 6.45) is 1.50. The van der Waals surface area contributed by atoms with Gasteiger partial charge in [-0.25, -0.2) is 0 Å². The van der Waals surface area contributed by atoms with Crippen molar-refractivity contribution in [1.29, 1.82) is 0 Å². The van der Waals surface area contributed by atoms with Crippen molar-refractivity contribution < 1.29 is 4.79 Å². The van der Waals surface area contributed by atoms with Gasteiger partial charge in [0, 0.05) is 0 Å². The molecule has 1 unspecified atom stereocenters. The zero-order chi connectivity index (χ0) is 9.35. The first kappa shape index (κ1) is 11.0. The molecule has 1 amide bonds. The van der Waals surface area contributed by atoms with E-state index in [1.807, 2.05) is 6.92 Å². The SMILES string of the molecule is C[CH](N1CCCC1=O)[Ge]([Cl])([Cl])[Cl]. The predicted octanol–water partition coefficient (Wildman–Crippen LogP) is 2.19. The molecule has 6 heteroatoms. The van der Waals surface area contributed by atoms with Crippen molar-refractivity contribution in [3.05, 3.63) is 0 Å². The number of carbonyl (C=O) groups excluding carboxylic acids is 1. The molecule has 0 N–H and O–H groups in total. The van der Waals surface area contributed by atoms with Gasteiger partial charge in [0.25, 0.3) is 0 Å². The molecule has 0 aromatic heterocycles. The van der Waals surface area contributed by atoms with E-state index in [0.29, 0.717) is 6.42 Å². The molecule has 1 fully saturated rings. The Kier molecular flexibility index (Phi) is 3.61. The Hall–Kier alpha value is 0.883. The fourth-order valence-electron chi connectivity index (χ4n) is 1.26. The fourth-order valence-corrected chi connectivity index (χ4v) is 4.41. The van der Waals surface area contributed by atoms with Gasteiger partial charge in [0.05, 0.1) is 0 Å². The Balaban J connectivity index is 2.63. The van der Waals surface area contributed by atoms with Gasteiger partial charge in [0.15, 0.2) is 0 Å². The number of hydrogen-bond acceptors (Lipinski definition) is 1. The molecule has 1 aliphatic heterocycles. The van der Waals surface area contributed by atoms with Crippen molar-refractivity contribution in [2.45, 2.75) is 24.6 Å². The third-order valence-electron chi connectivity index (χ3n) is 2.05. The van der Waals surface area contributed by atoms with E-state index < -0.39 is 10.5 Å². The number of nitrogens with zero attached hydrogens (tertiary/aromatic N) is 1. The molecule has 1 atom stereocenters. The average Bonchev–Trinajstić information content (AvgIpc) is 2.31. The molecule has 1 saturated heterocycles. The van der Waals surface area contributed by atoms with Gasteiger partial charge in [-0.1, -0.05) is 0 Å². The first-order valence-electron chi connectivity index (χ1n) is 3.79. The second-order valence-corrected chi connectivity index (χ2v) is 19.2. The monoisotopic (exact) mass is 291 g/mol. The van der Waals surface area contributed by atoms with E-state index in [-0.39, 0.29) is 10.8 Å². The summed E-state index contributed by atoms with van der Waals surface area (Å²) in [6, 6.07) is 0. The minimum atomic E-state index is -3.23. The molecule has 0 bridgehead atoms. The van der Waals surface area contributed by atoms with Crippen LogP contribution in [0.1, 0.15) is 19.8 Å². The van der Waals surface area contributed by atoms with Gasteiger partial charge in [-0.2, -0.15) is 0 Å². The fraction of sp³-hybridized carbons (Fsp3) is 0.833. The molecule has 0 aromatic carbocycles. The summed E-state index contributed by atoms with van der Waals surface area (Å²) in [5, 5.41) is 0. The van der Waals surface area contributed by atoms with E-state index >= 15 is 0 Å². The number of likely N-dealkylation sites (tertiary alicyclic amines) is 1. The van der Waals surface area contributed by atoms with Gasteiger partial charge >= 0.3 is 87.3 Å². The van der Waals surface area contributed by atoms with Crippen LogP contribution in [0.4, 0.5) is 0 Å². The topological polar surface area (TPSA) is 20.3 Å². The number of halogens is 3. The summed E-state index contributed by atoms with van der Waals surface area (Å²) in [4.78, 5) is 12.8. The third kappa shape index (κ3) is 2.44. The standard InChI is InChI=1S/C6H10Cl3GeNO/c1-5(10(7,8)9)11-4-2-3-6(11)12/h5H,2-4H2,1H3. The number of rotatable bonds is 2. The summed E-state index contributed by atoms with van der Waals surface area (Å²) >= 11 is 0. The van der Waals surface area contributed by atoms with Crippen LogP contribution in [-0.4, -0.2) is 32.7 Å². The molecule has 1 aliphatic rings. The van der Waals surface area contributed by atoms with Gasteiger partial charge in [0.1, 0.15) is 0 Å². The van der Waals surface area contributed by atoms with E-state index in [4.69, 9.17) is 30.0 Å². The average molecular weight is 291 g/mol. The van der Waals surface area contributed by atoms with Crippen LogP contribution < -0.4 is 0 Å². The first-order valence-corrected chi connectivity index (χ1v) is 13.3. The molecule has 0 aliphatic carbocycles. The zero-order valence-electron chi connectivity index (χ0n) is 6.69. The molecule has 0 spiro atoms. The van der Waals surface area contributed by atoms with E-state index in [1.165, 1.54) is 0 Å². The van der Waals surface area contributed by atoms with Crippen LogP contribution in [0.3, 0.4) is 0 Å². The van der Waals surface area contributed by atoms with Crippen molar-refractivity contribution in [3.63, 3.8) is 0 Å². The van der Waals surface area contributed by atoms with Crippen molar-refractivity contribution in [2.24, 2.45) is 0 Å².